The van der Waals surface area contributed by atoms with Gasteiger partial charge in [0.2, 0.25) is 0 Å². The Morgan fingerprint density at radius 1 is 1.35 bits per heavy atom. The van der Waals surface area contributed by atoms with Crippen LogP contribution in [0.25, 0.3) is 0 Å². The zero-order valence-electron chi connectivity index (χ0n) is 9.98. The summed E-state index contributed by atoms with van der Waals surface area (Å²) in [6, 6.07) is 3.50. The van der Waals surface area contributed by atoms with E-state index in [9.17, 15) is 14.5 Å². The maximum atomic E-state index is 13.2. The summed E-state index contributed by atoms with van der Waals surface area (Å²) < 4.78 is 13.2. The second-order valence-corrected chi connectivity index (χ2v) is 5.10. The summed E-state index contributed by atoms with van der Waals surface area (Å²) >= 11 is 6.06. The monoisotopic (exact) mass is 259 g/mol. The number of rotatable bonds is 4. The first-order valence-electron chi connectivity index (χ1n) is 5.42. The maximum absolute atomic E-state index is 13.2. The van der Waals surface area contributed by atoms with Gasteiger partial charge in [0.1, 0.15) is 5.82 Å². The number of hydrogen-bond acceptors (Lipinski definition) is 2. The number of benzene rings is 1. The Kier molecular flexibility index (Phi) is 4.46. The minimum atomic E-state index is -0.497. The van der Waals surface area contributed by atoms with E-state index < -0.39 is 10.7 Å². The van der Waals surface area contributed by atoms with Gasteiger partial charge in [-0.3, -0.25) is 10.1 Å². The molecule has 17 heavy (non-hydrogen) atoms. The van der Waals surface area contributed by atoms with Crippen molar-refractivity contribution in [1.82, 2.24) is 0 Å². The van der Waals surface area contributed by atoms with Gasteiger partial charge < -0.3 is 0 Å². The molecule has 2 atom stereocenters. The van der Waals surface area contributed by atoms with Crippen molar-refractivity contribution in [2.45, 2.75) is 32.1 Å². The van der Waals surface area contributed by atoms with Gasteiger partial charge >= 0.3 is 0 Å². The van der Waals surface area contributed by atoms with Crippen molar-refractivity contribution < 1.29 is 9.31 Å². The van der Waals surface area contributed by atoms with Gasteiger partial charge in [0.25, 0.3) is 5.69 Å². The molecule has 94 valence electrons. The molecule has 3 nitrogen and oxygen atoms in total. The minimum absolute atomic E-state index is 0.0717. The first-order chi connectivity index (χ1) is 7.84. The molecule has 0 aliphatic rings. The summed E-state index contributed by atoms with van der Waals surface area (Å²) in [5.74, 6) is -0.621. The highest BCUT2D eigenvalue weighted by molar-refractivity contribution is 6.21. The van der Waals surface area contributed by atoms with E-state index in [4.69, 9.17) is 11.6 Å². The smallest absolute Gasteiger partial charge is 0.258 e. The fraction of sp³-hybridized carbons (Fsp3) is 0.500. The van der Waals surface area contributed by atoms with E-state index in [0.29, 0.717) is 5.56 Å². The number of nitro groups is 1. The SMILES string of the molecule is CC(C)C(c1cc(F)ccc1[N+](=O)[O-])C(C)Cl. The van der Waals surface area contributed by atoms with Crippen LogP contribution in [0.1, 0.15) is 32.3 Å². The van der Waals surface area contributed by atoms with E-state index in [-0.39, 0.29) is 22.9 Å². The van der Waals surface area contributed by atoms with Crippen LogP contribution in [-0.4, -0.2) is 10.3 Å². The summed E-state index contributed by atoms with van der Waals surface area (Å²) in [5.41, 5.74) is 0.296. The van der Waals surface area contributed by atoms with Gasteiger partial charge in [-0.25, -0.2) is 4.39 Å². The van der Waals surface area contributed by atoms with Gasteiger partial charge in [-0.05, 0) is 25.0 Å². The topological polar surface area (TPSA) is 43.1 Å². The van der Waals surface area contributed by atoms with Crippen molar-refractivity contribution in [2.75, 3.05) is 0 Å². The quantitative estimate of drug-likeness (QED) is 0.464. The summed E-state index contributed by atoms with van der Waals surface area (Å²) in [6.07, 6.45) is 0. The van der Waals surface area contributed by atoms with Crippen molar-refractivity contribution >= 4 is 17.3 Å². The average molecular weight is 260 g/mol. The molecule has 1 aromatic rings. The van der Waals surface area contributed by atoms with Gasteiger partial charge in [0.15, 0.2) is 0 Å². The molecule has 1 rings (SSSR count). The number of alkyl halides is 1. The first kappa shape index (κ1) is 13.9. The predicted molar refractivity (Wildman–Crippen MR) is 65.9 cm³/mol. The average Bonchev–Trinajstić information content (AvgIpc) is 2.15. The summed E-state index contributed by atoms with van der Waals surface area (Å²) in [5, 5.41) is 10.6. The molecule has 0 spiro atoms. The molecule has 0 radical (unpaired) electrons. The van der Waals surface area contributed by atoms with Crippen LogP contribution >= 0.6 is 11.6 Å². The van der Waals surface area contributed by atoms with Crippen LogP contribution in [0.4, 0.5) is 10.1 Å². The highest BCUT2D eigenvalue weighted by atomic mass is 35.5. The Labute approximate surface area is 105 Å². The summed E-state index contributed by atoms with van der Waals surface area (Å²) in [4.78, 5) is 10.4. The largest absolute Gasteiger partial charge is 0.273 e. The van der Waals surface area contributed by atoms with Crippen molar-refractivity contribution in [2.24, 2.45) is 5.92 Å². The molecule has 0 aliphatic carbocycles. The lowest BCUT2D eigenvalue weighted by molar-refractivity contribution is -0.385. The molecular formula is C12H15ClFNO2. The van der Waals surface area contributed by atoms with Crippen molar-refractivity contribution in [1.29, 1.82) is 0 Å². The van der Waals surface area contributed by atoms with Gasteiger partial charge in [0.05, 0.1) is 4.92 Å². The molecule has 0 saturated carbocycles. The molecule has 2 unspecified atom stereocenters. The van der Waals surface area contributed by atoms with Gasteiger partial charge in [-0.15, -0.1) is 11.6 Å². The van der Waals surface area contributed by atoms with Crippen LogP contribution in [0.5, 0.6) is 0 Å². The molecule has 0 N–H and O–H groups in total. The molecule has 0 aromatic heterocycles. The summed E-state index contributed by atoms with van der Waals surface area (Å²) in [6.45, 7) is 5.59. The van der Waals surface area contributed by atoms with E-state index >= 15 is 0 Å². The van der Waals surface area contributed by atoms with E-state index in [1.165, 1.54) is 12.1 Å². The van der Waals surface area contributed by atoms with Crippen LogP contribution in [-0.2, 0) is 0 Å². The lowest BCUT2D eigenvalue weighted by atomic mass is 9.85. The first-order valence-corrected chi connectivity index (χ1v) is 5.86. The lowest BCUT2D eigenvalue weighted by Gasteiger charge is -2.23. The number of hydrogen-bond donors (Lipinski definition) is 0. The van der Waals surface area contributed by atoms with Crippen LogP contribution in [0.15, 0.2) is 18.2 Å². The molecular weight excluding hydrogens is 245 g/mol. The Bertz CT molecular complexity index is 413. The molecule has 0 fully saturated rings. The number of halogens is 2. The minimum Gasteiger partial charge on any atom is -0.258 e. The molecule has 0 amide bonds. The molecule has 1 aromatic carbocycles. The standard InChI is InChI=1S/C12H15ClFNO2/c1-7(2)12(8(3)13)10-6-9(14)4-5-11(10)15(16)17/h4-8,12H,1-3H3. The van der Waals surface area contributed by atoms with Crippen molar-refractivity contribution in [3.05, 3.63) is 39.7 Å². The van der Waals surface area contributed by atoms with E-state index in [2.05, 4.69) is 0 Å². The Morgan fingerprint density at radius 3 is 2.35 bits per heavy atom. The Morgan fingerprint density at radius 2 is 1.94 bits per heavy atom. The third-order valence-corrected chi connectivity index (χ3v) is 3.03. The predicted octanol–water partition coefficient (Wildman–Crippen LogP) is 4.10. The second-order valence-electron chi connectivity index (χ2n) is 4.41. The molecule has 0 heterocycles. The van der Waals surface area contributed by atoms with E-state index in [1.807, 2.05) is 13.8 Å². The highest BCUT2D eigenvalue weighted by Crippen LogP contribution is 2.36. The van der Waals surface area contributed by atoms with Crippen LogP contribution in [0.2, 0.25) is 0 Å². The van der Waals surface area contributed by atoms with Crippen molar-refractivity contribution in [3.8, 4) is 0 Å². The van der Waals surface area contributed by atoms with E-state index in [1.54, 1.807) is 6.92 Å². The zero-order chi connectivity index (χ0) is 13.2. The normalized spacial score (nSPS) is 14.7. The Hall–Kier alpha value is -1.16. The third kappa shape index (κ3) is 3.16. The number of nitro benzene ring substituents is 1. The van der Waals surface area contributed by atoms with Crippen molar-refractivity contribution in [3.63, 3.8) is 0 Å². The molecule has 5 heteroatoms. The highest BCUT2D eigenvalue weighted by Gasteiger charge is 2.28. The summed E-state index contributed by atoms with van der Waals surface area (Å²) in [7, 11) is 0. The second kappa shape index (κ2) is 5.45. The lowest BCUT2D eigenvalue weighted by Crippen LogP contribution is -2.17. The van der Waals surface area contributed by atoms with Gasteiger partial charge in [-0.1, -0.05) is 13.8 Å². The zero-order valence-corrected chi connectivity index (χ0v) is 10.7. The van der Waals surface area contributed by atoms with Crippen LogP contribution < -0.4 is 0 Å². The van der Waals surface area contributed by atoms with Crippen LogP contribution in [0, 0.1) is 21.8 Å². The molecule has 0 bridgehead atoms. The van der Waals surface area contributed by atoms with Gasteiger partial charge in [-0.2, -0.15) is 0 Å². The maximum Gasteiger partial charge on any atom is 0.273 e. The molecule has 0 aliphatic heterocycles. The van der Waals surface area contributed by atoms with E-state index in [0.717, 1.165) is 6.07 Å². The fourth-order valence-electron chi connectivity index (χ4n) is 2.10. The third-order valence-electron chi connectivity index (χ3n) is 2.76. The fourth-order valence-corrected chi connectivity index (χ4v) is 2.52. The number of nitrogens with zero attached hydrogens (tertiary/aromatic N) is 1. The Balaban J connectivity index is 3.34. The molecule has 0 saturated heterocycles. The van der Waals surface area contributed by atoms with Gasteiger partial charge in [0, 0.05) is 22.9 Å². The van der Waals surface area contributed by atoms with Crippen LogP contribution in [0.3, 0.4) is 0 Å².